The molecule has 4 nitrogen and oxygen atoms in total. The van der Waals surface area contributed by atoms with Gasteiger partial charge in [0.2, 0.25) is 0 Å². The topological polar surface area (TPSA) is 46.5 Å². The molecule has 142 valence electrons. The van der Waals surface area contributed by atoms with Crippen molar-refractivity contribution in [1.82, 2.24) is 19.5 Å². The summed E-state index contributed by atoms with van der Waals surface area (Å²) in [5.74, 6) is -0.421. The minimum atomic E-state index is -0.421. The summed E-state index contributed by atoms with van der Waals surface area (Å²) in [6.07, 6.45) is 11.7. The van der Waals surface area contributed by atoms with Gasteiger partial charge >= 0.3 is 0 Å². The molecule has 4 aromatic rings. The van der Waals surface area contributed by atoms with Gasteiger partial charge in [-0.05, 0) is 43.2 Å². The van der Waals surface area contributed by atoms with Crippen LogP contribution >= 0.6 is 11.6 Å². The second-order valence-electron chi connectivity index (χ2n) is 7.37. The Morgan fingerprint density at radius 1 is 1.07 bits per heavy atom. The molecule has 1 fully saturated rings. The average molecular weight is 395 g/mol. The van der Waals surface area contributed by atoms with Crippen molar-refractivity contribution in [1.29, 1.82) is 0 Å². The fraction of sp³-hybridized carbons (Fsp3) is 0.273. The zero-order valence-electron chi connectivity index (χ0n) is 15.3. The van der Waals surface area contributed by atoms with E-state index in [0.717, 1.165) is 46.4 Å². The van der Waals surface area contributed by atoms with E-state index < -0.39 is 5.82 Å². The summed E-state index contributed by atoms with van der Waals surface area (Å²) in [7, 11) is 0. The van der Waals surface area contributed by atoms with Crippen LogP contribution in [0.25, 0.3) is 33.5 Å². The Morgan fingerprint density at radius 3 is 2.75 bits per heavy atom. The smallest absolute Gasteiger partial charge is 0.141 e. The third-order valence-electron chi connectivity index (χ3n) is 5.67. The van der Waals surface area contributed by atoms with Crippen LogP contribution < -0.4 is 0 Å². The molecule has 28 heavy (non-hydrogen) atoms. The molecule has 0 amide bonds. The maximum absolute atomic E-state index is 13.7. The van der Waals surface area contributed by atoms with Gasteiger partial charge in [0.15, 0.2) is 0 Å². The highest BCUT2D eigenvalue weighted by molar-refractivity contribution is 6.31. The highest BCUT2D eigenvalue weighted by atomic mass is 35.5. The fourth-order valence-corrected chi connectivity index (χ4v) is 4.47. The van der Waals surface area contributed by atoms with Gasteiger partial charge in [-0.25, -0.2) is 14.4 Å². The third kappa shape index (κ3) is 2.90. The normalized spacial score (nSPS) is 15.4. The van der Waals surface area contributed by atoms with Gasteiger partial charge < -0.3 is 9.55 Å². The number of hydrogen-bond donors (Lipinski definition) is 1. The van der Waals surface area contributed by atoms with Crippen molar-refractivity contribution in [2.24, 2.45) is 0 Å². The van der Waals surface area contributed by atoms with Crippen LogP contribution in [0.5, 0.6) is 0 Å². The SMILES string of the molecule is Fc1ccc(-c2ncn(C3CCCCC3)c2-c2ccnc3[nH]ccc23)cc1Cl. The summed E-state index contributed by atoms with van der Waals surface area (Å²) in [6, 6.07) is 9.29. The number of halogens is 2. The predicted molar refractivity (Wildman–Crippen MR) is 110 cm³/mol. The first-order valence-electron chi connectivity index (χ1n) is 9.67. The van der Waals surface area contributed by atoms with E-state index in [4.69, 9.17) is 16.6 Å². The van der Waals surface area contributed by atoms with E-state index in [-0.39, 0.29) is 5.02 Å². The van der Waals surface area contributed by atoms with Gasteiger partial charge in [0.25, 0.3) is 0 Å². The van der Waals surface area contributed by atoms with Gasteiger partial charge in [0, 0.05) is 34.9 Å². The van der Waals surface area contributed by atoms with Crippen LogP contribution in [0.1, 0.15) is 38.1 Å². The lowest BCUT2D eigenvalue weighted by molar-refractivity contribution is 0.355. The number of rotatable bonds is 3. The Bertz CT molecular complexity index is 1140. The first-order valence-corrected chi connectivity index (χ1v) is 10.0. The Hall–Kier alpha value is -2.66. The monoisotopic (exact) mass is 394 g/mol. The van der Waals surface area contributed by atoms with Crippen LogP contribution in [0.2, 0.25) is 5.02 Å². The number of aromatic amines is 1. The van der Waals surface area contributed by atoms with E-state index in [1.807, 2.05) is 30.9 Å². The quantitative estimate of drug-likeness (QED) is 0.437. The zero-order valence-corrected chi connectivity index (χ0v) is 16.1. The van der Waals surface area contributed by atoms with Gasteiger partial charge in [0.1, 0.15) is 11.5 Å². The highest BCUT2D eigenvalue weighted by Gasteiger charge is 2.24. The van der Waals surface area contributed by atoms with Crippen molar-refractivity contribution in [3.8, 4) is 22.5 Å². The van der Waals surface area contributed by atoms with E-state index in [9.17, 15) is 4.39 Å². The lowest BCUT2D eigenvalue weighted by atomic mass is 9.94. The van der Waals surface area contributed by atoms with E-state index in [1.54, 1.807) is 12.1 Å². The molecule has 1 aliphatic carbocycles. The molecule has 0 radical (unpaired) electrons. The summed E-state index contributed by atoms with van der Waals surface area (Å²) in [6.45, 7) is 0. The fourth-order valence-electron chi connectivity index (χ4n) is 4.29. The number of hydrogen-bond acceptors (Lipinski definition) is 2. The number of imidazole rings is 1. The third-order valence-corrected chi connectivity index (χ3v) is 5.96. The van der Waals surface area contributed by atoms with Crippen molar-refractivity contribution >= 4 is 22.6 Å². The van der Waals surface area contributed by atoms with E-state index in [2.05, 4.69) is 14.5 Å². The van der Waals surface area contributed by atoms with Gasteiger partial charge in [-0.1, -0.05) is 30.9 Å². The minimum absolute atomic E-state index is 0.109. The first-order chi connectivity index (χ1) is 13.7. The highest BCUT2D eigenvalue weighted by Crippen LogP contribution is 2.40. The van der Waals surface area contributed by atoms with Crippen molar-refractivity contribution < 1.29 is 4.39 Å². The Morgan fingerprint density at radius 2 is 1.93 bits per heavy atom. The number of benzene rings is 1. The van der Waals surface area contributed by atoms with E-state index in [1.165, 1.54) is 25.3 Å². The molecule has 0 aliphatic heterocycles. The zero-order chi connectivity index (χ0) is 19.1. The number of fused-ring (bicyclic) bond motifs is 1. The lowest BCUT2D eigenvalue weighted by Gasteiger charge is -2.25. The van der Waals surface area contributed by atoms with Crippen LogP contribution in [0.4, 0.5) is 4.39 Å². The molecule has 1 saturated carbocycles. The second kappa shape index (κ2) is 7.06. The Labute approximate surface area is 167 Å². The lowest BCUT2D eigenvalue weighted by Crippen LogP contribution is -2.13. The van der Waals surface area contributed by atoms with Crippen molar-refractivity contribution in [2.45, 2.75) is 38.1 Å². The van der Waals surface area contributed by atoms with Crippen LogP contribution in [0.15, 0.2) is 49.1 Å². The summed E-state index contributed by atoms with van der Waals surface area (Å²) in [5.41, 5.74) is 4.60. The molecular formula is C22H20ClFN4. The summed E-state index contributed by atoms with van der Waals surface area (Å²) >= 11 is 6.07. The van der Waals surface area contributed by atoms with Crippen molar-refractivity contribution in [3.05, 3.63) is 59.9 Å². The summed E-state index contributed by atoms with van der Waals surface area (Å²) in [4.78, 5) is 12.4. The Kier molecular flexibility index (Phi) is 4.40. The van der Waals surface area contributed by atoms with Crippen LogP contribution in [0.3, 0.4) is 0 Å². The van der Waals surface area contributed by atoms with E-state index in [0.29, 0.717) is 6.04 Å². The molecular weight excluding hydrogens is 375 g/mol. The maximum Gasteiger partial charge on any atom is 0.141 e. The van der Waals surface area contributed by atoms with Gasteiger partial charge in [0.05, 0.1) is 22.7 Å². The van der Waals surface area contributed by atoms with Gasteiger partial charge in [-0.15, -0.1) is 0 Å². The van der Waals surface area contributed by atoms with Crippen molar-refractivity contribution in [3.63, 3.8) is 0 Å². The second-order valence-corrected chi connectivity index (χ2v) is 7.78. The molecule has 1 aliphatic rings. The van der Waals surface area contributed by atoms with Crippen LogP contribution in [0, 0.1) is 5.82 Å². The molecule has 3 aromatic heterocycles. The van der Waals surface area contributed by atoms with Crippen molar-refractivity contribution in [2.75, 3.05) is 0 Å². The molecule has 5 rings (SSSR count). The average Bonchev–Trinajstić information content (AvgIpc) is 3.37. The minimum Gasteiger partial charge on any atom is -0.346 e. The molecule has 0 spiro atoms. The molecule has 6 heteroatoms. The molecule has 3 heterocycles. The largest absolute Gasteiger partial charge is 0.346 e. The maximum atomic E-state index is 13.7. The van der Waals surface area contributed by atoms with Crippen LogP contribution in [-0.2, 0) is 0 Å². The van der Waals surface area contributed by atoms with Gasteiger partial charge in [-0.3, -0.25) is 0 Å². The molecule has 0 unspecified atom stereocenters. The number of pyridine rings is 1. The molecule has 0 saturated heterocycles. The molecule has 0 atom stereocenters. The number of nitrogens with one attached hydrogen (secondary N) is 1. The van der Waals surface area contributed by atoms with Gasteiger partial charge in [-0.2, -0.15) is 0 Å². The first kappa shape index (κ1) is 17.4. The predicted octanol–water partition coefficient (Wildman–Crippen LogP) is 6.39. The summed E-state index contributed by atoms with van der Waals surface area (Å²) < 4.78 is 16.0. The number of nitrogens with zero attached hydrogens (tertiary/aromatic N) is 3. The Balaban J connectivity index is 1.75. The number of aromatic nitrogens is 4. The number of H-pyrrole nitrogens is 1. The molecule has 1 N–H and O–H groups in total. The summed E-state index contributed by atoms with van der Waals surface area (Å²) in [5, 5.41) is 1.16. The molecule has 1 aromatic carbocycles. The molecule has 0 bridgehead atoms. The van der Waals surface area contributed by atoms with E-state index >= 15 is 0 Å². The standard InChI is InChI=1S/C22H20ClFN4/c23-18-12-14(6-7-19(18)24)20-21(16-8-10-25-22-17(16)9-11-26-22)28(13-27-20)15-4-2-1-3-5-15/h6-13,15H,1-5H2,(H,25,26). The van der Waals surface area contributed by atoms with Crippen LogP contribution in [-0.4, -0.2) is 19.5 Å².